The Labute approximate surface area is 121 Å². The number of nitrogens with zero attached hydrogens (tertiary/aromatic N) is 2. The van der Waals surface area contributed by atoms with Gasteiger partial charge in [-0.15, -0.1) is 0 Å². The van der Waals surface area contributed by atoms with Gasteiger partial charge in [0.2, 0.25) is 0 Å². The first-order valence-corrected chi connectivity index (χ1v) is 6.79. The lowest BCUT2D eigenvalue weighted by molar-refractivity contribution is -0.146. The van der Waals surface area contributed by atoms with Crippen LogP contribution in [0.2, 0.25) is 5.02 Å². The van der Waals surface area contributed by atoms with Gasteiger partial charge in [-0.25, -0.2) is 0 Å². The van der Waals surface area contributed by atoms with Crippen LogP contribution in [0.25, 0.3) is 0 Å². The molecule has 1 aromatic rings. The second-order valence-corrected chi connectivity index (χ2v) is 5.29. The van der Waals surface area contributed by atoms with Crippen LogP contribution in [0.4, 0.5) is 18.9 Å². The number of piperazine rings is 1. The molecule has 0 saturated carbocycles. The topological polar surface area (TPSA) is 32.5 Å². The highest BCUT2D eigenvalue weighted by molar-refractivity contribution is 6.30. The van der Waals surface area contributed by atoms with E-state index in [1.807, 2.05) is 6.07 Å². The van der Waals surface area contributed by atoms with E-state index in [1.165, 1.54) is 4.90 Å². The summed E-state index contributed by atoms with van der Waals surface area (Å²) in [6.45, 7) is 1.43. The zero-order chi connectivity index (χ0) is 14.8. The second kappa shape index (κ2) is 6.20. The van der Waals surface area contributed by atoms with Gasteiger partial charge in [-0.1, -0.05) is 11.6 Å². The molecule has 1 aliphatic rings. The van der Waals surface area contributed by atoms with Crippen LogP contribution in [0.3, 0.4) is 0 Å². The molecule has 7 heteroatoms. The number of hydrogen-bond donors (Lipinski definition) is 1. The molecule has 1 saturated heterocycles. The van der Waals surface area contributed by atoms with Crippen LogP contribution in [0, 0.1) is 0 Å². The van der Waals surface area contributed by atoms with Crippen molar-refractivity contribution in [1.82, 2.24) is 4.90 Å². The summed E-state index contributed by atoms with van der Waals surface area (Å²) in [6.07, 6.45) is -4.13. The summed E-state index contributed by atoms with van der Waals surface area (Å²) in [6, 6.07) is 5.46. The molecule has 0 amide bonds. The predicted octanol–water partition coefficient (Wildman–Crippen LogP) is 2.48. The first-order chi connectivity index (χ1) is 9.39. The molecule has 0 aromatic heterocycles. The highest BCUT2D eigenvalue weighted by Gasteiger charge is 2.32. The minimum Gasteiger partial charge on any atom is -0.369 e. The summed E-state index contributed by atoms with van der Waals surface area (Å²) in [7, 11) is 0. The van der Waals surface area contributed by atoms with Crippen LogP contribution < -0.4 is 10.6 Å². The van der Waals surface area contributed by atoms with E-state index < -0.39 is 12.7 Å². The van der Waals surface area contributed by atoms with Crippen molar-refractivity contribution in [2.24, 2.45) is 5.73 Å². The molecule has 0 atom stereocenters. The summed E-state index contributed by atoms with van der Waals surface area (Å²) < 4.78 is 37.0. The van der Waals surface area contributed by atoms with Crippen LogP contribution in [0.5, 0.6) is 0 Å². The number of hydrogen-bond acceptors (Lipinski definition) is 3. The molecular formula is C13H17ClF3N3. The summed E-state index contributed by atoms with van der Waals surface area (Å²) in [5, 5.41) is 0.616. The van der Waals surface area contributed by atoms with E-state index in [4.69, 9.17) is 17.3 Å². The van der Waals surface area contributed by atoms with E-state index in [-0.39, 0.29) is 0 Å². The van der Waals surface area contributed by atoms with E-state index in [0.29, 0.717) is 37.7 Å². The van der Waals surface area contributed by atoms with Crippen molar-refractivity contribution in [2.75, 3.05) is 37.6 Å². The highest BCUT2D eigenvalue weighted by Crippen LogP contribution is 2.26. The first kappa shape index (κ1) is 15.4. The fraction of sp³-hybridized carbons (Fsp3) is 0.538. The minimum absolute atomic E-state index is 0.360. The van der Waals surface area contributed by atoms with Crippen molar-refractivity contribution in [2.45, 2.75) is 12.7 Å². The third kappa shape index (κ3) is 4.01. The Morgan fingerprint density at radius 3 is 2.35 bits per heavy atom. The van der Waals surface area contributed by atoms with Gasteiger partial charge in [0.05, 0.1) is 6.54 Å². The van der Waals surface area contributed by atoms with Crippen molar-refractivity contribution in [3.8, 4) is 0 Å². The maximum Gasteiger partial charge on any atom is 0.401 e. The number of benzene rings is 1. The fourth-order valence-electron chi connectivity index (χ4n) is 2.43. The first-order valence-electron chi connectivity index (χ1n) is 6.41. The molecule has 112 valence electrons. The van der Waals surface area contributed by atoms with E-state index >= 15 is 0 Å². The molecule has 1 aliphatic heterocycles. The van der Waals surface area contributed by atoms with Crippen molar-refractivity contribution >= 4 is 17.3 Å². The quantitative estimate of drug-likeness (QED) is 0.931. The molecule has 0 spiro atoms. The number of halogens is 4. The Morgan fingerprint density at radius 2 is 1.80 bits per heavy atom. The van der Waals surface area contributed by atoms with Crippen LogP contribution in [0.15, 0.2) is 18.2 Å². The van der Waals surface area contributed by atoms with Crippen molar-refractivity contribution in [3.05, 3.63) is 28.8 Å². The summed E-state index contributed by atoms with van der Waals surface area (Å²) >= 11 is 5.92. The monoisotopic (exact) mass is 307 g/mol. The van der Waals surface area contributed by atoms with Crippen LogP contribution in [-0.2, 0) is 6.54 Å². The third-order valence-corrected chi connectivity index (χ3v) is 3.61. The van der Waals surface area contributed by atoms with Crippen LogP contribution in [0.1, 0.15) is 5.56 Å². The standard InChI is InChI=1S/C13H17ClF3N3/c14-11-1-2-12(10(7-11)8-18)20-5-3-19(4-6-20)9-13(15,16)17/h1-2,7H,3-6,8-9,18H2. The molecule has 2 rings (SSSR count). The fourth-order valence-corrected chi connectivity index (χ4v) is 2.62. The van der Waals surface area contributed by atoms with Crippen molar-refractivity contribution in [3.63, 3.8) is 0 Å². The SMILES string of the molecule is NCc1cc(Cl)ccc1N1CCN(CC(F)(F)F)CC1. The van der Waals surface area contributed by atoms with Crippen LogP contribution >= 0.6 is 11.6 Å². The zero-order valence-electron chi connectivity index (χ0n) is 11.0. The molecule has 1 aromatic carbocycles. The average Bonchev–Trinajstić information content (AvgIpc) is 2.38. The average molecular weight is 308 g/mol. The number of alkyl halides is 3. The zero-order valence-corrected chi connectivity index (χ0v) is 11.7. The lowest BCUT2D eigenvalue weighted by Crippen LogP contribution is -2.49. The van der Waals surface area contributed by atoms with E-state index in [9.17, 15) is 13.2 Å². The number of rotatable bonds is 3. The molecule has 3 nitrogen and oxygen atoms in total. The lowest BCUT2D eigenvalue weighted by atomic mass is 10.1. The van der Waals surface area contributed by atoms with Gasteiger partial charge in [0.15, 0.2) is 0 Å². The molecule has 0 bridgehead atoms. The van der Waals surface area contributed by atoms with E-state index in [1.54, 1.807) is 12.1 Å². The Kier molecular flexibility index (Phi) is 4.78. The molecule has 0 aliphatic carbocycles. The Balaban J connectivity index is 2.00. The summed E-state index contributed by atoms with van der Waals surface area (Å²) in [4.78, 5) is 3.49. The van der Waals surface area contributed by atoms with Crippen molar-refractivity contribution in [1.29, 1.82) is 0 Å². The molecule has 2 N–H and O–H groups in total. The molecular weight excluding hydrogens is 291 g/mol. The molecule has 20 heavy (non-hydrogen) atoms. The van der Waals surface area contributed by atoms with Gasteiger partial charge < -0.3 is 10.6 Å². The largest absolute Gasteiger partial charge is 0.401 e. The summed E-state index contributed by atoms with van der Waals surface area (Å²) in [5.41, 5.74) is 7.57. The van der Waals surface area contributed by atoms with E-state index in [0.717, 1.165) is 11.3 Å². The number of nitrogens with two attached hydrogens (primary N) is 1. The normalized spacial score (nSPS) is 17.6. The third-order valence-electron chi connectivity index (χ3n) is 3.38. The smallest absolute Gasteiger partial charge is 0.369 e. The Morgan fingerprint density at radius 1 is 1.15 bits per heavy atom. The van der Waals surface area contributed by atoms with Gasteiger partial charge in [0.1, 0.15) is 0 Å². The van der Waals surface area contributed by atoms with E-state index in [2.05, 4.69) is 4.90 Å². The second-order valence-electron chi connectivity index (χ2n) is 4.86. The van der Waals surface area contributed by atoms with Gasteiger partial charge in [-0.2, -0.15) is 13.2 Å². The maximum absolute atomic E-state index is 12.3. The lowest BCUT2D eigenvalue weighted by Gasteiger charge is -2.37. The summed E-state index contributed by atoms with van der Waals surface area (Å²) in [5.74, 6) is 0. The molecule has 0 unspecified atom stereocenters. The van der Waals surface area contributed by atoms with Gasteiger partial charge in [0, 0.05) is 43.4 Å². The highest BCUT2D eigenvalue weighted by atomic mass is 35.5. The van der Waals surface area contributed by atoms with Gasteiger partial charge in [-0.3, -0.25) is 4.90 Å². The van der Waals surface area contributed by atoms with Gasteiger partial charge in [0.25, 0.3) is 0 Å². The molecule has 1 heterocycles. The predicted molar refractivity (Wildman–Crippen MR) is 74.1 cm³/mol. The maximum atomic E-state index is 12.3. The van der Waals surface area contributed by atoms with Gasteiger partial charge >= 0.3 is 6.18 Å². The molecule has 1 fully saturated rings. The van der Waals surface area contributed by atoms with Crippen LogP contribution in [-0.4, -0.2) is 43.8 Å². The number of anilines is 1. The Bertz CT molecular complexity index is 457. The van der Waals surface area contributed by atoms with Crippen molar-refractivity contribution < 1.29 is 13.2 Å². The van der Waals surface area contributed by atoms with Gasteiger partial charge in [-0.05, 0) is 23.8 Å². The minimum atomic E-state index is -4.13. The molecule has 0 radical (unpaired) electrons. The Hall–Kier alpha value is -0.980.